The lowest BCUT2D eigenvalue weighted by Crippen LogP contribution is -2.42. The van der Waals surface area contributed by atoms with Gasteiger partial charge in [-0.25, -0.2) is 18.1 Å². The van der Waals surface area contributed by atoms with E-state index in [0.29, 0.717) is 19.2 Å². The second kappa shape index (κ2) is 13.5. The normalized spacial score (nSPS) is 13.4. The number of nitrogens with one attached hydrogen (secondary N) is 3. The molecule has 0 aliphatic carbocycles. The third kappa shape index (κ3) is 9.52. The number of sulfonamides is 1. The van der Waals surface area contributed by atoms with Crippen LogP contribution in [0.5, 0.6) is 0 Å². The first-order chi connectivity index (χ1) is 13.4. The van der Waals surface area contributed by atoms with Crippen LogP contribution in [0.15, 0.2) is 34.2 Å². The van der Waals surface area contributed by atoms with Crippen LogP contribution in [0.4, 0.5) is 0 Å². The van der Waals surface area contributed by atoms with E-state index >= 15 is 0 Å². The third-order valence-electron chi connectivity index (χ3n) is 4.19. The van der Waals surface area contributed by atoms with Crippen molar-refractivity contribution in [1.29, 1.82) is 0 Å². The Labute approximate surface area is 170 Å². The van der Waals surface area contributed by atoms with Gasteiger partial charge >= 0.3 is 0 Å². The molecule has 0 saturated heterocycles. The predicted octanol–water partition coefficient (Wildman–Crippen LogP) is 2.64. The zero-order valence-corrected chi connectivity index (χ0v) is 18.4. The molecule has 1 rings (SSSR count). The van der Waals surface area contributed by atoms with E-state index in [1.165, 1.54) is 26.4 Å². The molecule has 1 aromatic carbocycles. The van der Waals surface area contributed by atoms with Crippen molar-refractivity contribution in [3.05, 3.63) is 29.8 Å². The van der Waals surface area contributed by atoms with Gasteiger partial charge in [-0.2, -0.15) is 0 Å². The summed E-state index contributed by atoms with van der Waals surface area (Å²) in [6.45, 7) is 8.12. The fraction of sp³-hybridized carbons (Fsp3) is 0.650. The van der Waals surface area contributed by atoms with Gasteiger partial charge in [0, 0.05) is 26.2 Å². The van der Waals surface area contributed by atoms with Gasteiger partial charge in [-0.05, 0) is 38.0 Å². The molecule has 0 spiro atoms. The van der Waals surface area contributed by atoms with Gasteiger partial charge in [0.05, 0.1) is 18.0 Å². The molecule has 28 heavy (non-hydrogen) atoms. The maximum Gasteiger partial charge on any atom is 0.240 e. The van der Waals surface area contributed by atoms with E-state index in [-0.39, 0.29) is 11.4 Å². The minimum Gasteiger partial charge on any atom is -0.383 e. The maximum absolute atomic E-state index is 12.3. The summed E-state index contributed by atoms with van der Waals surface area (Å²) in [7, 11) is -2.01. The quantitative estimate of drug-likeness (QED) is 0.263. The first-order valence-electron chi connectivity index (χ1n) is 10.0. The van der Waals surface area contributed by atoms with Crippen LogP contribution in [0, 0.1) is 0 Å². The van der Waals surface area contributed by atoms with Gasteiger partial charge in [0.2, 0.25) is 10.0 Å². The lowest BCUT2D eigenvalue weighted by atomic mass is 10.1. The van der Waals surface area contributed by atoms with E-state index in [9.17, 15) is 8.42 Å². The van der Waals surface area contributed by atoms with Crippen molar-refractivity contribution >= 4 is 16.0 Å². The number of aliphatic imine (C=N–C) groups is 1. The molecule has 0 amide bonds. The monoisotopic (exact) mass is 412 g/mol. The highest BCUT2D eigenvalue weighted by Crippen LogP contribution is 2.12. The van der Waals surface area contributed by atoms with Crippen molar-refractivity contribution in [2.45, 2.75) is 63.9 Å². The summed E-state index contributed by atoms with van der Waals surface area (Å²) in [6, 6.07) is 7.20. The molecule has 1 unspecified atom stereocenters. The molecule has 0 aliphatic rings. The largest absolute Gasteiger partial charge is 0.383 e. The van der Waals surface area contributed by atoms with E-state index < -0.39 is 10.0 Å². The number of nitrogens with zero attached hydrogens (tertiary/aromatic N) is 1. The summed E-state index contributed by atoms with van der Waals surface area (Å²) >= 11 is 0. The first kappa shape index (κ1) is 24.4. The van der Waals surface area contributed by atoms with Gasteiger partial charge in [0.1, 0.15) is 0 Å². The average Bonchev–Trinajstić information content (AvgIpc) is 2.67. The summed E-state index contributed by atoms with van der Waals surface area (Å²) < 4.78 is 32.1. The molecular formula is C20H36N4O3S. The molecule has 0 bridgehead atoms. The van der Waals surface area contributed by atoms with Gasteiger partial charge in [-0.3, -0.25) is 0 Å². The van der Waals surface area contributed by atoms with Gasteiger partial charge < -0.3 is 15.4 Å². The van der Waals surface area contributed by atoms with Crippen LogP contribution in [0.3, 0.4) is 0 Å². The average molecular weight is 413 g/mol. The molecule has 7 nitrogen and oxygen atoms in total. The van der Waals surface area contributed by atoms with Gasteiger partial charge in [-0.1, -0.05) is 38.3 Å². The third-order valence-corrected chi connectivity index (χ3v) is 5.65. The van der Waals surface area contributed by atoms with E-state index in [1.807, 2.05) is 13.0 Å². The number of hydrogen-bond acceptors (Lipinski definition) is 4. The highest BCUT2D eigenvalue weighted by Gasteiger charge is 2.13. The number of guanidine groups is 1. The van der Waals surface area contributed by atoms with Gasteiger partial charge in [0.25, 0.3) is 0 Å². The van der Waals surface area contributed by atoms with Crippen molar-refractivity contribution in [2.75, 3.05) is 26.8 Å². The van der Waals surface area contributed by atoms with Crippen molar-refractivity contribution in [3.8, 4) is 0 Å². The Hall–Kier alpha value is -1.64. The van der Waals surface area contributed by atoms with E-state index in [4.69, 9.17) is 4.74 Å². The smallest absolute Gasteiger partial charge is 0.240 e. The van der Waals surface area contributed by atoms with Crippen LogP contribution < -0.4 is 15.4 Å². The van der Waals surface area contributed by atoms with E-state index in [2.05, 4.69) is 34.2 Å². The van der Waals surface area contributed by atoms with Crippen LogP contribution in [-0.4, -0.2) is 47.2 Å². The molecule has 1 atom stereocenters. The van der Waals surface area contributed by atoms with Crippen molar-refractivity contribution in [2.24, 2.45) is 4.99 Å². The second-order valence-electron chi connectivity index (χ2n) is 6.77. The molecule has 160 valence electrons. The molecular weight excluding hydrogens is 376 g/mol. The number of ether oxygens (including phenoxy) is 1. The predicted molar refractivity (Wildman–Crippen MR) is 115 cm³/mol. The van der Waals surface area contributed by atoms with Crippen LogP contribution >= 0.6 is 0 Å². The number of hydrogen-bond donors (Lipinski definition) is 3. The fourth-order valence-electron chi connectivity index (χ4n) is 2.67. The van der Waals surface area contributed by atoms with Crippen molar-refractivity contribution in [1.82, 2.24) is 15.4 Å². The zero-order chi connectivity index (χ0) is 20.8. The Morgan fingerprint density at radius 2 is 2.04 bits per heavy atom. The minimum atomic E-state index is -3.55. The number of methoxy groups -OCH3 is 1. The van der Waals surface area contributed by atoms with Gasteiger partial charge in [-0.15, -0.1) is 0 Å². The van der Waals surface area contributed by atoms with Crippen LogP contribution in [0.2, 0.25) is 0 Å². The molecule has 0 fully saturated rings. The van der Waals surface area contributed by atoms with Crippen LogP contribution in [-0.2, 0) is 21.3 Å². The molecule has 0 heterocycles. The lowest BCUT2D eigenvalue weighted by molar-refractivity contribution is 0.204. The first-order valence-corrected chi connectivity index (χ1v) is 11.5. The highest BCUT2D eigenvalue weighted by atomic mass is 32.2. The fourth-order valence-corrected chi connectivity index (χ4v) is 3.75. The Morgan fingerprint density at radius 1 is 1.25 bits per heavy atom. The lowest BCUT2D eigenvalue weighted by Gasteiger charge is -2.17. The summed E-state index contributed by atoms with van der Waals surface area (Å²) in [5.41, 5.74) is 0.838. The summed E-state index contributed by atoms with van der Waals surface area (Å²) in [6.07, 6.45) is 4.74. The van der Waals surface area contributed by atoms with Crippen molar-refractivity contribution < 1.29 is 13.2 Å². The van der Waals surface area contributed by atoms with Crippen LogP contribution in [0.25, 0.3) is 0 Å². The second-order valence-corrected chi connectivity index (χ2v) is 8.54. The minimum absolute atomic E-state index is 0.238. The molecule has 1 aromatic rings. The van der Waals surface area contributed by atoms with Crippen molar-refractivity contribution in [3.63, 3.8) is 0 Å². The number of rotatable bonds is 13. The SMILES string of the molecule is CCCCCC(C)NC(=NCc1cccc(S(=O)(=O)NCCOC)c1)NCC. The Morgan fingerprint density at radius 3 is 2.71 bits per heavy atom. The Kier molecular flexibility index (Phi) is 11.8. The molecule has 3 N–H and O–H groups in total. The standard InChI is InChI=1S/C20H36N4O3S/c1-5-7-8-10-17(3)24-20(21-6-2)22-16-18-11-9-12-19(15-18)28(25,26)23-13-14-27-4/h9,11-12,15,17,23H,5-8,10,13-14,16H2,1-4H3,(H2,21,22,24). The molecule has 0 aromatic heterocycles. The van der Waals surface area contributed by atoms with E-state index in [0.717, 1.165) is 24.5 Å². The number of unbranched alkanes of at least 4 members (excludes halogenated alkanes) is 2. The zero-order valence-electron chi connectivity index (χ0n) is 17.6. The maximum atomic E-state index is 12.3. The summed E-state index contributed by atoms with van der Waals surface area (Å²) in [5.74, 6) is 0.748. The number of benzene rings is 1. The Balaban J connectivity index is 2.76. The molecule has 8 heteroatoms. The topological polar surface area (TPSA) is 91.8 Å². The highest BCUT2D eigenvalue weighted by molar-refractivity contribution is 7.89. The Bertz CT molecular complexity index is 692. The molecule has 0 radical (unpaired) electrons. The van der Waals surface area contributed by atoms with Gasteiger partial charge in [0.15, 0.2) is 5.96 Å². The molecule has 0 saturated carbocycles. The molecule has 0 aliphatic heterocycles. The summed E-state index contributed by atoms with van der Waals surface area (Å²) in [5, 5.41) is 6.67. The van der Waals surface area contributed by atoms with E-state index in [1.54, 1.807) is 18.2 Å². The van der Waals surface area contributed by atoms with Crippen LogP contribution in [0.1, 0.15) is 52.0 Å². The summed E-state index contributed by atoms with van der Waals surface area (Å²) in [4.78, 5) is 4.85.